The molecule has 1 aliphatic rings. The predicted molar refractivity (Wildman–Crippen MR) is 39.7 cm³/mol. The first-order valence-electron chi connectivity index (χ1n) is 3.73. The number of aliphatic hydroxyl groups is 1. The summed E-state index contributed by atoms with van der Waals surface area (Å²) in [6.07, 6.45) is 5.72. The van der Waals surface area contributed by atoms with Crippen molar-refractivity contribution < 1.29 is 9.84 Å². The van der Waals surface area contributed by atoms with Crippen LogP contribution in [0.5, 0.6) is 0 Å². The van der Waals surface area contributed by atoms with Gasteiger partial charge in [-0.05, 0) is 13.3 Å². The normalized spacial score (nSPS) is 31.4. The molecular formula is C8H14O2. The fourth-order valence-electron chi connectivity index (χ4n) is 1.04. The second-order valence-corrected chi connectivity index (χ2v) is 2.56. The highest BCUT2D eigenvalue weighted by atomic mass is 16.5. The van der Waals surface area contributed by atoms with Crippen LogP contribution in [0.2, 0.25) is 0 Å². The van der Waals surface area contributed by atoms with Crippen LogP contribution in [0.4, 0.5) is 0 Å². The fraction of sp³-hybridized carbons (Fsp3) is 0.750. The molecule has 2 heteroatoms. The Kier molecular flexibility index (Phi) is 2.90. The van der Waals surface area contributed by atoms with Gasteiger partial charge in [0.05, 0.1) is 19.3 Å². The number of ether oxygens (including phenoxy) is 1. The molecule has 1 saturated carbocycles. The molecule has 0 aliphatic heterocycles. The molecule has 1 rings (SSSR count). The molecule has 0 radical (unpaired) electrons. The van der Waals surface area contributed by atoms with Gasteiger partial charge < -0.3 is 9.84 Å². The third kappa shape index (κ3) is 2.12. The molecule has 1 fully saturated rings. The van der Waals surface area contributed by atoms with Crippen molar-refractivity contribution in [3.05, 3.63) is 12.2 Å². The lowest BCUT2D eigenvalue weighted by Crippen LogP contribution is -2.01. The Morgan fingerprint density at radius 3 is 3.10 bits per heavy atom. The molecule has 58 valence electrons. The molecule has 2 atom stereocenters. The third-order valence-corrected chi connectivity index (χ3v) is 1.64. The predicted octanol–water partition coefficient (Wildman–Crippen LogP) is 0.960. The van der Waals surface area contributed by atoms with Crippen LogP contribution in [0.1, 0.15) is 13.3 Å². The maximum absolute atomic E-state index is 8.42. The monoisotopic (exact) mass is 142 g/mol. The SMILES string of the molecule is C/C=C/[C@H]1C[C@H]1OCCO. The Bertz CT molecular complexity index is 120. The number of hydrogen-bond acceptors (Lipinski definition) is 2. The Labute approximate surface area is 61.5 Å². The Morgan fingerprint density at radius 2 is 2.50 bits per heavy atom. The van der Waals surface area contributed by atoms with Crippen LogP contribution in [0.3, 0.4) is 0 Å². The lowest BCUT2D eigenvalue weighted by molar-refractivity contribution is 0.0760. The van der Waals surface area contributed by atoms with Crippen LogP contribution in [0.15, 0.2) is 12.2 Å². The average Bonchev–Trinajstić information content (AvgIpc) is 2.65. The molecule has 0 aromatic heterocycles. The van der Waals surface area contributed by atoms with E-state index >= 15 is 0 Å². The molecular weight excluding hydrogens is 128 g/mol. The molecule has 0 aromatic carbocycles. The van der Waals surface area contributed by atoms with Gasteiger partial charge in [-0.15, -0.1) is 0 Å². The van der Waals surface area contributed by atoms with Crippen molar-refractivity contribution in [2.24, 2.45) is 5.92 Å². The van der Waals surface area contributed by atoms with E-state index in [1.54, 1.807) is 0 Å². The van der Waals surface area contributed by atoms with Crippen LogP contribution < -0.4 is 0 Å². The Balaban J connectivity index is 2.02. The molecule has 10 heavy (non-hydrogen) atoms. The summed E-state index contributed by atoms with van der Waals surface area (Å²) in [6, 6.07) is 0. The van der Waals surface area contributed by atoms with Crippen molar-refractivity contribution in [2.45, 2.75) is 19.4 Å². The van der Waals surface area contributed by atoms with E-state index in [0.29, 0.717) is 18.6 Å². The zero-order valence-electron chi connectivity index (χ0n) is 6.29. The summed E-state index contributed by atoms with van der Waals surface area (Å²) in [5.74, 6) is 0.622. The van der Waals surface area contributed by atoms with E-state index < -0.39 is 0 Å². The maximum atomic E-state index is 8.42. The first-order valence-corrected chi connectivity index (χ1v) is 3.73. The topological polar surface area (TPSA) is 29.5 Å². The summed E-state index contributed by atoms with van der Waals surface area (Å²) in [6.45, 7) is 2.64. The van der Waals surface area contributed by atoms with Gasteiger partial charge in [-0.25, -0.2) is 0 Å². The lowest BCUT2D eigenvalue weighted by atomic mass is 10.4. The highest BCUT2D eigenvalue weighted by molar-refractivity contribution is 5.02. The molecule has 1 aliphatic carbocycles. The van der Waals surface area contributed by atoms with Gasteiger partial charge in [0.1, 0.15) is 0 Å². The van der Waals surface area contributed by atoms with E-state index in [1.807, 2.05) is 13.0 Å². The van der Waals surface area contributed by atoms with Gasteiger partial charge in [-0.3, -0.25) is 0 Å². The van der Waals surface area contributed by atoms with Gasteiger partial charge in [0.2, 0.25) is 0 Å². The molecule has 0 amide bonds. The minimum atomic E-state index is 0.138. The highest BCUT2D eigenvalue weighted by Crippen LogP contribution is 2.34. The molecule has 0 unspecified atom stereocenters. The lowest BCUT2D eigenvalue weighted by Gasteiger charge is -1.96. The molecule has 0 spiro atoms. The molecule has 0 heterocycles. The number of allylic oxidation sites excluding steroid dienone is 1. The molecule has 2 nitrogen and oxygen atoms in total. The Hall–Kier alpha value is -0.340. The van der Waals surface area contributed by atoms with E-state index in [1.165, 1.54) is 0 Å². The van der Waals surface area contributed by atoms with Crippen molar-refractivity contribution in [2.75, 3.05) is 13.2 Å². The number of aliphatic hydroxyl groups excluding tert-OH is 1. The summed E-state index contributed by atoms with van der Waals surface area (Å²) >= 11 is 0. The summed E-state index contributed by atoms with van der Waals surface area (Å²) < 4.78 is 5.27. The van der Waals surface area contributed by atoms with E-state index in [0.717, 1.165) is 6.42 Å². The fourth-order valence-corrected chi connectivity index (χ4v) is 1.04. The first kappa shape index (κ1) is 7.76. The van der Waals surface area contributed by atoms with Crippen molar-refractivity contribution >= 4 is 0 Å². The minimum absolute atomic E-state index is 0.138. The van der Waals surface area contributed by atoms with Crippen LogP contribution in [0, 0.1) is 5.92 Å². The smallest absolute Gasteiger partial charge is 0.0701 e. The van der Waals surface area contributed by atoms with Crippen LogP contribution in [-0.2, 0) is 4.74 Å². The standard InChI is InChI=1S/C8H14O2/c1-2-3-7-6-8(7)10-5-4-9/h2-3,7-9H,4-6H2,1H3/b3-2+/t7-,8+/m0/s1. The van der Waals surface area contributed by atoms with Crippen molar-refractivity contribution in [3.8, 4) is 0 Å². The number of rotatable bonds is 4. The van der Waals surface area contributed by atoms with Gasteiger partial charge >= 0.3 is 0 Å². The second kappa shape index (κ2) is 3.74. The van der Waals surface area contributed by atoms with Gasteiger partial charge in [-0.1, -0.05) is 12.2 Å². The van der Waals surface area contributed by atoms with Crippen LogP contribution in [-0.4, -0.2) is 24.4 Å². The van der Waals surface area contributed by atoms with Crippen LogP contribution >= 0.6 is 0 Å². The second-order valence-electron chi connectivity index (χ2n) is 2.56. The minimum Gasteiger partial charge on any atom is -0.394 e. The third-order valence-electron chi connectivity index (χ3n) is 1.64. The Morgan fingerprint density at radius 1 is 1.70 bits per heavy atom. The van der Waals surface area contributed by atoms with Crippen LogP contribution in [0.25, 0.3) is 0 Å². The van der Waals surface area contributed by atoms with E-state index in [2.05, 4.69) is 6.08 Å². The summed E-state index contributed by atoms with van der Waals surface area (Å²) in [5, 5.41) is 8.42. The quantitative estimate of drug-likeness (QED) is 0.592. The zero-order chi connectivity index (χ0) is 7.40. The molecule has 0 saturated heterocycles. The highest BCUT2D eigenvalue weighted by Gasteiger charge is 2.35. The van der Waals surface area contributed by atoms with Gasteiger partial charge in [-0.2, -0.15) is 0 Å². The number of hydrogen-bond donors (Lipinski definition) is 1. The van der Waals surface area contributed by atoms with E-state index in [9.17, 15) is 0 Å². The van der Waals surface area contributed by atoms with Gasteiger partial charge in [0.25, 0.3) is 0 Å². The zero-order valence-corrected chi connectivity index (χ0v) is 6.29. The maximum Gasteiger partial charge on any atom is 0.0701 e. The summed E-state index contributed by atoms with van der Waals surface area (Å²) in [5.41, 5.74) is 0. The largest absolute Gasteiger partial charge is 0.394 e. The van der Waals surface area contributed by atoms with Crippen molar-refractivity contribution in [1.29, 1.82) is 0 Å². The molecule has 0 bridgehead atoms. The molecule has 1 N–H and O–H groups in total. The average molecular weight is 142 g/mol. The molecule has 0 aromatic rings. The van der Waals surface area contributed by atoms with Crippen molar-refractivity contribution in [3.63, 3.8) is 0 Å². The summed E-state index contributed by atoms with van der Waals surface area (Å²) in [4.78, 5) is 0. The van der Waals surface area contributed by atoms with Crippen molar-refractivity contribution in [1.82, 2.24) is 0 Å². The van der Waals surface area contributed by atoms with Gasteiger partial charge in [0.15, 0.2) is 0 Å². The van der Waals surface area contributed by atoms with Gasteiger partial charge in [0, 0.05) is 5.92 Å². The van der Waals surface area contributed by atoms with E-state index in [-0.39, 0.29) is 6.61 Å². The first-order chi connectivity index (χ1) is 4.88. The summed E-state index contributed by atoms with van der Waals surface area (Å²) in [7, 11) is 0. The van der Waals surface area contributed by atoms with E-state index in [4.69, 9.17) is 9.84 Å².